The highest BCUT2D eigenvalue weighted by molar-refractivity contribution is 5.99. The Balaban J connectivity index is 1.17. The predicted octanol–water partition coefficient (Wildman–Crippen LogP) is 6.98. The van der Waals surface area contributed by atoms with Crippen LogP contribution in [0.1, 0.15) is 102 Å². The van der Waals surface area contributed by atoms with Crippen molar-refractivity contribution < 1.29 is 13.7 Å². The van der Waals surface area contributed by atoms with E-state index in [0.717, 1.165) is 73.5 Å². The van der Waals surface area contributed by atoms with Crippen LogP contribution >= 0.6 is 0 Å². The van der Waals surface area contributed by atoms with Gasteiger partial charge in [0, 0.05) is 41.5 Å². The van der Waals surface area contributed by atoms with Crippen molar-refractivity contribution in [2.24, 2.45) is 16.7 Å². The summed E-state index contributed by atoms with van der Waals surface area (Å²) in [6, 6.07) is 8.06. The number of anilines is 1. The number of alkyl halides is 1. The highest BCUT2D eigenvalue weighted by atomic mass is 19.1. The molecule has 8 heteroatoms. The van der Waals surface area contributed by atoms with Crippen molar-refractivity contribution in [2.45, 2.75) is 102 Å². The third kappa shape index (κ3) is 4.40. The second-order valence-electron chi connectivity index (χ2n) is 13.8. The van der Waals surface area contributed by atoms with Gasteiger partial charge in [-0.1, -0.05) is 38.1 Å². The Morgan fingerprint density at radius 2 is 1.78 bits per heavy atom. The molecule has 1 aromatic carbocycles. The molecule has 0 saturated heterocycles. The van der Waals surface area contributed by atoms with Crippen LogP contribution in [0.2, 0.25) is 0 Å². The van der Waals surface area contributed by atoms with E-state index < -0.39 is 11.6 Å². The number of aryl methyl sites for hydroxylation is 1. The minimum absolute atomic E-state index is 0.0289. The van der Waals surface area contributed by atoms with E-state index in [0.29, 0.717) is 31.6 Å². The van der Waals surface area contributed by atoms with Crippen LogP contribution in [0.25, 0.3) is 11.4 Å². The second kappa shape index (κ2) is 9.70. The molecule has 0 N–H and O–H groups in total. The Bertz CT molecular complexity index is 1420. The van der Waals surface area contributed by atoms with Crippen molar-refractivity contribution in [3.8, 4) is 11.4 Å². The Labute approximate surface area is 241 Å². The van der Waals surface area contributed by atoms with Crippen LogP contribution in [0.4, 0.5) is 10.1 Å². The number of rotatable bonds is 8. The molecule has 6 aliphatic rings. The molecule has 2 heterocycles. The van der Waals surface area contributed by atoms with E-state index in [1.807, 2.05) is 41.6 Å². The molecule has 6 fully saturated rings. The molecule has 0 spiro atoms. The van der Waals surface area contributed by atoms with Crippen molar-refractivity contribution in [1.82, 2.24) is 20.1 Å². The molecule has 2 aromatic heterocycles. The normalized spacial score (nSPS) is 31.8. The number of fused-ring (bicyclic) bond motifs is 4. The van der Waals surface area contributed by atoms with E-state index in [2.05, 4.69) is 35.9 Å². The van der Waals surface area contributed by atoms with E-state index >= 15 is 0 Å². The molecule has 0 aliphatic heterocycles. The quantitative estimate of drug-likeness (QED) is 0.297. The summed E-state index contributed by atoms with van der Waals surface area (Å²) in [6.45, 7) is 6.92. The van der Waals surface area contributed by atoms with Crippen LogP contribution in [0.3, 0.4) is 0 Å². The zero-order chi connectivity index (χ0) is 28.4. The highest BCUT2D eigenvalue weighted by Gasteiger charge is 2.62. The van der Waals surface area contributed by atoms with Crippen LogP contribution in [-0.2, 0) is 16.6 Å². The van der Waals surface area contributed by atoms with E-state index in [9.17, 15) is 9.18 Å². The van der Waals surface area contributed by atoms with Crippen LogP contribution in [0, 0.1) is 16.7 Å². The van der Waals surface area contributed by atoms with Gasteiger partial charge in [0.05, 0.1) is 5.41 Å². The van der Waals surface area contributed by atoms with Crippen molar-refractivity contribution in [2.75, 3.05) is 11.4 Å². The zero-order valence-electron chi connectivity index (χ0n) is 24.4. The minimum atomic E-state index is -0.856. The summed E-state index contributed by atoms with van der Waals surface area (Å²) in [4.78, 5) is 30.4. The lowest BCUT2D eigenvalue weighted by Gasteiger charge is -2.54. The molecule has 3 aromatic rings. The number of aromatic nitrogens is 4. The largest absolute Gasteiger partial charge is 0.339 e. The van der Waals surface area contributed by atoms with Gasteiger partial charge in [-0.25, -0.2) is 14.4 Å². The van der Waals surface area contributed by atoms with E-state index in [1.54, 1.807) is 0 Å². The summed E-state index contributed by atoms with van der Waals surface area (Å²) in [5, 5.41) is 4.25. The number of carbonyl (C=O) groups excluding carboxylic acids is 1. The minimum Gasteiger partial charge on any atom is -0.339 e. The third-order valence-electron chi connectivity index (χ3n) is 10.9. The van der Waals surface area contributed by atoms with Gasteiger partial charge < -0.3 is 9.42 Å². The van der Waals surface area contributed by atoms with Gasteiger partial charge in [-0.2, -0.15) is 4.98 Å². The fourth-order valence-electron chi connectivity index (χ4n) is 8.08. The summed E-state index contributed by atoms with van der Waals surface area (Å²) in [7, 11) is 0. The molecule has 0 radical (unpaired) electrons. The molecule has 4 bridgehead atoms. The van der Waals surface area contributed by atoms with Crippen LogP contribution in [0.15, 0.2) is 41.2 Å². The lowest BCUT2D eigenvalue weighted by Crippen LogP contribution is -2.54. The van der Waals surface area contributed by atoms with Crippen LogP contribution in [0.5, 0.6) is 0 Å². The maximum absolute atomic E-state index is 14.6. The van der Waals surface area contributed by atoms with Gasteiger partial charge in [0.25, 0.3) is 0 Å². The Kier molecular flexibility index (Phi) is 6.32. The Morgan fingerprint density at radius 3 is 2.37 bits per heavy atom. The summed E-state index contributed by atoms with van der Waals surface area (Å²) in [5.41, 5.74) is 2.27. The molecular weight excluding hydrogens is 517 g/mol. The number of benzene rings is 1. The number of amides is 1. The molecule has 41 heavy (non-hydrogen) atoms. The molecular formula is C33H40FN5O2. The van der Waals surface area contributed by atoms with Crippen LogP contribution < -0.4 is 4.90 Å². The van der Waals surface area contributed by atoms with Crippen molar-refractivity contribution >= 4 is 11.6 Å². The number of carbonyl (C=O) groups is 1. The predicted molar refractivity (Wildman–Crippen MR) is 154 cm³/mol. The highest BCUT2D eigenvalue weighted by Crippen LogP contribution is 2.62. The molecule has 6 saturated carbocycles. The molecule has 6 aliphatic carbocycles. The van der Waals surface area contributed by atoms with Gasteiger partial charge in [-0.3, -0.25) is 4.79 Å². The molecule has 216 valence electrons. The van der Waals surface area contributed by atoms with Gasteiger partial charge >= 0.3 is 0 Å². The molecule has 9 rings (SSSR count). The van der Waals surface area contributed by atoms with E-state index in [4.69, 9.17) is 9.51 Å². The van der Waals surface area contributed by atoms with Gasteiger partial charge in [0.15, 0.2) is 11.6 Å². The topological polar surface area (TPSA) is 85.0 Å². The van der Waals surface area contributed by atoms with Gasteiger partial charge in [0.2, 0.25) is 11.8 Å². The van der Waals surface area contributed by atoms with Crippen molar-refractivity contribution in [1.29, 1.82) is 0 Å². The smallest absolute Gasteiger partial charge is 0.233 e. The average molecular weight is 558 g/mol. The summed E-state index contributed by atoms with van der Waals surface area (Å²) < 4.78 is 20.4. The standard InChI is InChI=1S/C33H40FN5O2/c1-4-22-18-35-28(36-19-22)23-6-5-7-25(14-23)39(30(40)33-15-24(16-33)26(34)17-33)20-31-8-11-32(12-9-31,13-10-31)29-37-27(21(2)3)38-41-29/h5-7,14,18-19,21,24,26H,4,8-13,15-17,20H2,1-3H3/t24?,26-,31?,32?,33?/m0/s1. The molecule has 1 amide bonds. The Hall–Kier alpha value is -3.16. The van der Waals surface area contributed by atoms with Crippen molar-refractivity contribution in [3.63, 3.8) is 0 Å². The van der Waals surface area contributed by atoms with E-state index in [-0.39, 0.29) is 28.6 Å². The second-order valence-corrected chi connectivity index (χ2v) is 13.8. The summed E-state index contributed by atoms with van der Waals surface area (Å²) in [5.74, 6) is 2.62. The third-order valence-corrected chi connectivity index (χ3v) is 10.9. The molecule has 0 unspecified atom stereocenters. The van der Waals surface area contributed by atoms with Crippen molar-refractivity contribution in [3.05, 3.63) is 53.9 Å². The van der Waals surface area contributed by atoms with Gasteiger partial charge in [-0.05, 0) is 93.2 Å². The van der Waals surface area contributed by atoms with E-state index in [1.165, 1.54) is 0 Å². The zero-order valence-corrected chi connectivity index (χ0v) is 24.4. The molecule has 1 atom stereocenters. The monoisotopic (exact) mass is 557 g/mol. The first kappa shape index (κ1) is 26.7. The number of halogens is 1. The first-order valence-electron chi connectivity index (χ1n) is 15.5. The maximum Gasteiger partial charge on any atom is 0.233 e. The van der Waals surface area contributed by atoms with Crippen LogP contribution in [-0.4, -0.2) is 38.7 Å². The maximum atomic E-state index is 14.6. The lowest BCUT2D eigenvalue weighted by atomic mass is 9.53. The number of hydrogen-bond donors (Lipinski definition) is 0. The lowest BCUT2D eigenvalue weighted by molar-refractivity contribution is -0.132. The first-order valence-corrected chi connectivity index (χ1v) is 15.5. The van der Waals surface area contributed by atoms with Gasteiger partial charge in [0.1, 0.15) is 6.17 Å². The number of nitrogens with zero attached hydrogens (tertiary/aromatic N) is 5. The summed E-state index contributed by atoms with van der Waals surface area (Å²) in [6.07, 6.45) is 11.5. The fraction of sp³-hybridized carbons (Fsp3) is 0.606. The SMILES string of the molecule is CCc1cnc(-c2cccc(N(CC34CCC(c5nc(C(C)C)no5)(CC3)CC4)C(=O)C34CC(C3)[C@@H](F)C4)c2)nc1. The average Bonchev–Trinajstić information content (AvgIpc) is 3.70. The first-order chi connectivity index (χ1) is 19.7. The Morgan fingerprint density at radius 1 is 1.07 bits per heavy atom. The molecule has 7 nitrogen and oxygen atoms in total. The fourth-order valence-corrected chi connectivity index (χ4v) is 8.08. The summed E-state index contributed by atoms with van der Waals surface area (Å²) >= 11 is 0. The number of hydrogen-bond acceptors (Lipinski definition) is 6. The van der Waals surface area contributed by atoms with Gasteiger partial charge in [-0.15, -0.1) is 0 Å².